The second-order valence-corrected chi connectivity index (χ2v) is 10.2. The van der Waals surface area contributed by atoms with E-state index in [-0.39, 0.29) is 37.0 Å². The van der Waals surface area contributed by atoms with Crippen molar-refractivity contribution in [2.75, 3.05) is 31.7 Å². The Morgan fingerprint density at radius 1 is 1.00 bits per heavy atom. The van der Waals surface area contributed by atoms with Crippen LogP contribution in [0, 0.1) is 0 Å². The lowest BCUT2D eigenvalue weighted by Gasteiger charge is -2.44. The lowest BCUT2D eigenvalue weighted by molar-refractivity contribution is -0.143. The summed E-state index contributed by atoms with van der Waals surface area (Å²) in [6.07, 6.45) is -0.827. The number of hydrogen-bond donors (Lipinski definition) is 0. The summed E-state index contributed by atoms with van der Waals surface area (Å²) in [4.78, 5) is 32.2. The molecule has 206 valence electrons. The molecule has 9 heteroatoms. The Kier molecular flexibility index (Phi) is 9.10. The first-order valence-electron chi connectivity index (χ1n) is 13.3. The Morgan fingerprint density at radius 3 is 2.50 bits per heavy atom. The molecule has 0 saturated carbocycles. The quantitative estimate of drug-likeness (QED) is 0.529. The van der Waals surface area contributed by atoms with Crippen LogP contribution >= 0.6 is 0 Å². The Balaban J connectivity index is 1.75. The molecule has 2 unspecified atom stereocenters. The monoisotopic (exact) mass is 531 g/mol. The van der Waals surface area contributed by atoms with Gasteiger partial charge < -0.3 is 14.5 Å². The molecule has 0 radical (unpaired) electrons. The lowest BCUT2D eigenvalue weighted by Crippen LogP contribution is -2.55. The number of hydrogen-bond acceptors (Lipinski definition) is 4. The summed E-state index contributed by atoms with van der Waals surface area (Å²) in [6.45, 7) is 3.53. The van der Waals surface area contributed by atoms with Crippen LogP contribution in [0.5, 0.6) is 0 Å². The molecule has 2 atom stereocenters. The van der Waals surface area contributed by atoms with Crippen molar-refractivity contribution in [1.29, 1.82) is 0 Å². The molecule has 2 amide bonds. The van der Waals surface area contributed by atoms with Crippen molar-refractivity contribution in [2.24, 2.45) is 0 Å². The van der Waals surface area contributed by atoms with Crippen molar-refractivity contribution in [3.63, 3.8) is 0 Å². The fourth-order valence-corrected chi connectivity index (χ4v) is 5.82. The Morgan fingerprint density at radius 2 is 1.76 bits per heavy atom. The molecule has 2 aliphatic rings. The number of methoxy groups -OCH3 is 1. The number of anilines is 1. The van der Waals surface area contributed by atoms with Crippen molar-refractivity contribution in [1.82, 2.24) is 9.80 Å². The van der Waals surface area contributed by atoms with Gasteiger partial charge >= 0.3 is 6.18 Å². The van der Waals surface area contributed by atoms with E-state index in [1.165, 1.54) is 19.2 Å². The summed E-state index contributed by atoms with van der Waals surface area (Å²) in [5.74, 6) is -0.0883. The van der Waals surface area contributed by atoms with Crippen molar-refractivity contribution < 1.29 is 27.5 Å². The third-order valence-corrected chi connectivity index (χ3v) is 7.51. The van der Waals surface area contributed by atoms with Gasteiger partial charge in [-0.25, -0.2) is 0 Å². The average Bonchev–Trinajstić information content (AvgIpc) is 2.90. The molecule has 0 spiro atoms. The second-order valence-electron chi connectivity index (χ2n) is 10.2. The van der Waals surface area contributed by atoms with Crippen molar-refractivity contribution in [3.05, 3.63) is 65.2 Å². The zero-order chi connectivity index (χ0) is 27.3. The number of alkyl halides is 3. The maximum atomic E-state index is 13.4. The highest BCUT2D eigenvalue weighted by Crippen LogP contribution is 2.33. The summed E-state index contributed by atoms with van der Waals surface area (Å²) >= 11 is 0. The van der Waals surface area contributed by atoms with Gasteiger partial charge in [-0.2, -0.15) is 13.2 Å². The Bertz CT molecular complexity index is 1120. The minimum atomic E-state index is -4.42. The highest BCUT2D eigenvalue weighted by atomic mass is 19.4. The number of carbonyl (C=O) groups excluding carboxylic acids is 2. The molecule has 2 aliphatic heterocycles. The number of nitrogens with zero attached hydrogens (tertiary/aromatic N) is 3. The van der Waals surface area contributed by atoms with Crippen LogP contribution in [0.25, 0.3) is 0 Å². The van der Waals surface area contributed by atoms with Gasteiger partial charge in [-0.15, -0.1) is 0 Å². The summed E-state index contributed by atoms with van der Waals surface area (Å²) < 4.78 is 45.5. The molecule has 38 heavy (non-hydrogen) atoms. The summed E-state index contributed by atoms with van der Waals surface area (Å²) in [5, 5.41) is 0. The lowest BCUT2D eigenvalue weighted by atomic mass is 9.92. The molecule has 1 saturated heterocycles. The van der Waals surface area contributed by atoms with Gasteiger partial charge in [0.15, 0.2) is 0 Å². The van der Waals surface area contributed by atoms with Crippen molar-refractivity contribution in [3.8, 4) is 0 Å². The minimum Gasteiger partial charge on any atom is -0.375 e. The SMILES string of the molecule is CCC(=O)N1CCC2CCCC(CN(Cc3cccc(C(F)(F)F)c3)Cc3ccccc31)N2C(=O)COC. The highest BCUT2D eigenvalue weighted by Gasteiger charge is 2.36. The van der Waals surface area contributed by atoms with E-state index < -0.39 is 11.7 Å². The smallest absolute Gasteiger partial charge is 0.375 e. The first-order chi connectivity index (χ1) is 18.2. The van der Waals surface area contributed by atoms with Crippen LogP contribution in [-0.4, -0.2) is 60.5 Å². The first-order valence-corrected chi connectivity index (χ1v) is 13.3. The largest absolute Gasteiger partial charge is 0.416 e. The van der Waals surface area contributed by atoms with E-state index in [4.69, 9.17) is 4.74 Å². The van der Waals surface area contributed by atoms with Gasteiger partial charge in [0.1, 0.15) is 6.61 Å². The first kappa shape index (κ1) is 28.1. The topological polar surface area (TPSA) is 53.1 Å². The van der Waals surface area contributed by atoms with Gasteiger partial charge in [0.2, 0.25) is 11.8 Å². The van der Waals surface area contributed by atoms with Crippen LogP contribution in [-0.2, 0) is 33.6 Å². The molecule has 2 aromatic rings. The van der Waals surface area contributed by atoms with Crippen LogP contribution in [0.4, 0.5) is 18.9 Å². The van der Waals surface area contributed by atoms with E-state index in [1.807, 2.05) is 41.0 Å². The molecule has 2 heterocycles. The molecule has 0 aromatic heterocycles. The van der Waals surface area contributed by atoms with Crippen molar-refractivity contribution >= 4 is 17.5 Å². The molecule has 1 fully saturated rings. The standard InChI is InChI=1S/C29H36F3N3O3/c1-3-27(36)34-15-14-24-11-7-12-25(35(24)28(37)20-38-2)19-33(18-22-9-4-5-13-26(22)34)17-21-8-6-10-23(16-21)29(30,31)32/h4-6,8-10,13,16,24-25H,3,7,11-12,14-15,17-20H2,1-2H3. The Labute approximate surface area is 222 Å². The number of rotatable bonds is 5. The number of benzene rings is 2. The van der Waals surface area contributed by atoms with Crippen LogP contribution in [0.1, 0.15) is 55.7 Å². The fourth-order valence-electron chi connectivity index (χ4n) is 5.82. The summed E-state index contributed by atoms with van der Waals surface area (Å²) in [7, 11) is 1.50. The molecule has 2 bridgehead atoms. The molecule has 6 nitrogen and oxygen atoms in total. The van der Waals surface area contributed by atoms with E-state index >= 15 is 0 Å². The molecule has 2 aromatic carbocycles. The van der Waals surface area contributed by atoms with E-state index in [2.05, 4.69) is 4.90 Å². The third kappa shape index (κ3) is 6.56. The van der Waals surface area contributed by atoms with Crippen molar-refractivity contribution in [2.45, 2.75) is 70.4 Å². The van der Waals surface area contributed by atoms with Gasteiger partial charge in [0.25, 0.3) is 0 Å². The fraction of sp³-hybridized carbons (Fsp3) is 0.517. The van der Waals surface area contributed by atoms with E-state index in [0.717, 1.165) is 36.6 Å². The number of fused-ring (bicyclic) bond motifs is 3. The average molecular weight is 532 g/mol. The van der Waals surface area contributed by atoms with Crippen LogP contribution < -0.4 is 4.90 Å². The van der Waals surface area contributed by atoms with E-state index in [0.29, 0.717) is 38.0 Å². The predicted octanol–water partition coefficient (Wildman–Crippen LogP) is 5.25. The number of para-hydroxylation sites is 1. The minimum absolute atomic E-state index is 0.00301. The van der Waals surface area contributed by atoms with Crippen LogP contribution in [0.15, 0.2) is 48.5 Å². The van der Waals surface area contributed by atoms with Crippen LogP contribution in [0.2, 0.25) is 0 Å². The predicted molar refractivity (Wildman–Crippen MR) is 139 cm³/mol. The molecular formula is C29H36F3N3O3. The van der Waals surface area contributed by atoms with E-state index in [1.54, 1.807) is 6.07 Å². The number of halogens is 3. The molecular weight excluding hydrogens is 495 g/mol. The van der Waals surface area contributed by atoms with Crippen LogP contribution in [0.3, 0.4) is 0 Å². The number of ether oxygens (including phenoxy) is 1. The number of amides is 2. The maximum Gasteiger partial charge on any atom is 0.416 e. The van der Waals surface area contributed by atoms with E-state index in [9.17, 15) is 22.8 Å². The van der Waals surface area contributed by atoms with Gasteiger partial charge in [-0.05, 0) is 48.9 Å². The molecule has 0 N–H and O–H groups in total. The zero-order valence-electron chi connectivity index (χ0n) is 22.0. The summed E-state index contributed by atoms with van der Waals surface area (Å²) in [5.41, 5.74) is 1.63. The van der Waals surface area contributed by atoms with Gasteiger partial charge in [0.05, 0.1) is 5.56 Å². The zero-order valence-corrected chi connectivity index (χ0v) is 22.0. The number of piperidine rings is 1. The summed E-state index contributed by atoms with van der Waals surface area (Å²) in [6, 6.07) is 13.0. The number of carbonyl (C=O) groups is 2. The van der Waals surface area contributed by atoms with Gasteiger partial charge in [-0.1, -0.05) is 43.3 Å². The molecule has 0 aliphatic carbocycles. The normalized spacial score (nSPS) is 21.0. The highest BCUT2D eigenvalue weighted by molar-refractivity contribution is 5.94. The van der Waals surface area contributed by atoms with Gasteiger partial charge in [-0.3, -0.25) is 14.5 Å². The Hall–Kier alpha value is -2.91. The third-order valence-electron chi connectivity index (χ3n) is 7.51. The maximum absolute atomic E-state index is 13.4. The van der Waals surface area contributed by atoms with Gasteiger partial charge in [0, 0.05) is 57.5 Å². The second kappa shape index (κ2) is 12.3. The molecule has 4 rings (SSSR count).